The van der Waals surface area contributed by atoms with Crippen LogP contribution in [0.1, 0.15) is 18.1 Å². The first-order chi connectivity index (χ1) is 17.8. The lowest BCUT2D eigenvalue weighted by molar-refractivity contribution is -0.127. The van der Waals surface area contributed by atoms with Gasteiger partial charge in [-0.15, -0.1) is 0 Å². The van der Waals surface area contributed by atoms with Crippen LogP contribution in [-0.4, -0.2) is 35.1 Å². The minimum absolute atomic E-state index is 0.0415. The Morgan fingerprint density at radius 2 is 1.76 bits per heavy atom. The van der Waals surface area contributed by atoms with Crippen molar-refractivity contribution in [3.05, 3.63) is 94.4 Å². The summed E-state index contributed by atoms with van der Waals surface area (Å²) in [5.41, 5.74) is 1.32. The monoisotopic (exact) mass is 524 g/mol. The molecule has 37 heavy (non-hydrogen) atoms. The number of nitrogens with zero attached hydrogens (tertiary/aromatic N) is 1. The molecule has 1 aliphatic heterocycles. The minimum atomic E-state index is -0.699. The Kier molecular flexibility index (Phi) is 8.19. The predicted octanol–water partition coefficient (Wildman–Crippen LogP) is 5.62. The number of imide groups is 1. The summed E-state index contributed by atoms with van der Waals surface area (Å²) in [6.07, 6.45) is 1.52. The van der Waals surface area contributed by atoms with Crippen LogP contribution in [-0.2, 0) is 16.2 Å². The summed E-state index contributed by atoms with van der Waals surface area (Å²) < 4.78 is 38.4. The van der Waals surface area contributed by atoms with Crippen molar-refractivity contribution in [3.8, 4) is 11.5 Å². The maximum absolute atomic E-state index is 13.8. The Morgan fingerprint density at radius 1 is 1.00 bits per heavy atom. The molecule has 10 heteroatoms. The lowest BCUT2D eigenvalue weighted by Crippen LogP contribution is -2.36. The van der Waals surface area contributed by atoms with Crippen molar-refractivity contribution in [1.82, 2.24) is 4.90 Å². The van der Waals surface area contributed by atoms with Crippen molar-refractivity contribution >= 4 is 40.6 Å². The largest absolute Gasteiger partial charge is 0.490 e. The SMILES string of the molecule is CCOc1cc(/C=C2\SC(=O)N(CC(=O)Nc3ccccc3F)C2=O)ccc1OCc1ccc(F)cc1. The quantitative estimate of drug-likeness (QED) is 0.366. The zero-order valence-electron chi connectivity index (χ0n) is 19.7. The average molecular weight is 525 g/mol. The van der Waals surface area contributed by atoms with Gasteiger partial charge in [0.15, 0.2) is 11.5 Å². The molecule has 4 rings (SSSR count). The standard InChI is InChI=1S/C27H22F2N2O5S/c1-2-35-23-13-18(9-12-22(23)36-16-17-7-10-19(28)11-8-17)14-24-26(33)31(27(34)37-24)15-25(32)30-21-6-4-3-5-20(21)29/h3-14H,2,15-16H2,1H3,(H,30,32)/b24-14-. The number of rotatable bonds is 9. The molecule has 1 fully saturated rings. The zero-order valence-corrected chi connectivity index (χ0v) is 20.5. The molecule has 0 radical (unpaired) electrons. The van der Waals surface area contributed by atoms with Crippen LogP contribution in [0.15, 0.2) is 71.6 Å². The molecule has 0 atom stereocenters. The Labute approximate surface area is 216 Å². The van der Waals surface area contributed by atoms with E-state index in [1.165, 1.54) is 36.4 Å². The van der Waals surface area contributed by atoms with Crippen molar-refractivity contribution in [2.24, 2.45) is 0 Å². The van der Waals surface area contributed by atoms with Crippen LogP contribution in [0.25, 0.3) is 6.08 Å². The Bertz CT molecular complexity index is 1360. The van der Waals surface area contributed by atoms with Gasteiger partial charge in [-0.25, -0.2) is 8.78 Å². The van der Waals surface area contributed by atoms with E-state index >= 15 is 0 Å². The number of hydrogen-bond donors (Lipinski definition) is 1. The molecule has 7 nitrogen and oxygen atoms in total. The summed E-state index contributed by atoms with van der Waals surface area (Å²) in [5, 5.41) is 1.75. The molecule has 0 aromatic heterocycles. The average Bonchev–Trinajstić information content (AvgIpc) is 3.13. The first-order valence-corrected chi connectivity index (χ1v) is 12.1. The van der Waals surface area contributed by atoms with Gasteiger partial charge in [-0.1, -0.05) is 30.3 Å². The number of carbonyl (C=O) groups is 3. The zero-order chi connectivity index (χ0) is 26.4. The van der Waals surface area contributed by atoms with Gasteiger partial charge in [0.2, 0.25) is 5.91 Å². The molecule has 3 amide bonds. The van der Waals surface area contributed by atoms with E-state index < -0.39 is 29.4 Å². The Morgan fingerprint density at radius 3 is 2.49 bits per heavy atom. The van der Waals surface area contributed by atoms with Gasteiger partial charge < -0.3 is 14.8 Å². The molecular formula is C27H22F2N2O5S. The smallest absolute Gasteiger partial charge is 0.294 e. The Hall–Kier alpha value is -4.18. The van der Waals surface area contributed by atoms with Crippen molar-refractivity contribution in [1.29, 1.82) is 0 Å². The van der Waals surface area contributed by atoms with E-state index in [2.05, 4.69) is 5.32 Å². The third kappa shape index (κ3) is 6.53. The first kappa shape index (κ1) is 25.9. The fraction of sp³-hybridized carbons (Fsp3) is 0.148. The van der Waals surface area contributed by atoms with E-state index in [1.54, 1.807) is 36.4 Å². The minimum Gasteiger partial charge on any atom is -0.490 e. The first-order valence-electron chi connectivity index (χ1n) is 11.3. The molecule has 0 bridgehead atoms. The number of amides is 3. The predicted molar refractivity (Wildman–Crippen MR) is 136 cm³/mol. The summed E-state index contributed by atoms with van der Waals surface area (Å²) in [6.45, 7) is 1.84. The molecule has 0 spiro atoms. The maximum Gasteiger partial charge on any atom is 0.294 e. The van der Waals surface area contributed by atoms with Crippen LogP contribution in [0.4, 0.5) is 19.3 Å². The highest BCUT2D eigenvalue weighted by Crippen LogP contribution is 2.35. The van der Waals surface area contributed by atoms with E-state index in [0.29, 0.717) is 35.4 Å². The van der Waals surface area contributed by atoms with E-state index in [9.17, 15) is 23.2 Å². The number of carbonyl (C=O) groups excluding carboxylic acids is 3. The van der Waals surface area contributed by atoms with Crippen LogP contribution in [0.2, 0.25) is 0 Å². The van der Waals surface area contributed by atoms with Crippen LogP contribution < -0.4 is 14.8 Å². The van der Waals surface area contributed by atoms with E-state index in [4.69, 9.17) is 9.47 Å². The van der Waals surface area contributed by atoms with Crippen molar-refractivity contribution in [2.75, 3.05) is 18.5 Å². The van der Waals surface area contributed by atoms with Crippen molar-refractivity contribution < 1.29 is 32.6 Å². The lowest BCUT2D eigenvalue weighted by Gasteiger charge is -2.13. The summed E-state index contributed by atoms with van der Waals surface area (Å²) in [5.74, 6) is -1.40. The molecule has 0 aliphatic carbocycles. The summed E-state index contributed by atoms with van der Waals surface area (Å²) in [4.78, 5) is 38.5. The second kappa shape index (κ2) is 11.7. The van der Waals surface area contributed by atoms with Gasteiger partial charge in [-0.05, 0) is 72.3 Å². The number of para-hydroxylation sites is 1. The van der Waals surface area contributed by atoms with Gasteiger partial charge in [0.1, 0.15) is 24.8 Å². The summed E-state index contributed by atoms with van der Waals surface area (Å²) >= 11 is 0.702. The number of anilines is 1. The molecule has 1 N–H and O–H groups in total. The van der Waals surface area contributed by atoms with Gasteiger partial charge >= 0.3 is 0 Å². The molecule has 1 heterocycles. The number of halogens is 2. The molecular weight excluding hydrogens is 502 g/mol. The highest BCUT2D eigenvalue weighted by Gasteiger charge is 2.36. The summed E-state index contributed by atoms with van der Waals surface area (Å²) in [6, 6.07) is 16.6. The molecule has 1 saturated heterocycles. The summed E-state index contributed by atoms with van der Waals surface area (Å²) in [7, 11) is 0. The highest BCUT2D eigenvalue weighted by molar-refractivity contribution is 8.18. The number of benzene rings is 3. The fourth-order valence-corrected chi connectivity index (χ4v) is 4.27. The normalized spacial score (nSPS) is 14.2. The maximum atomic E-state index is 13.8. The van der Waals surface area contributed by atoms with Crippen LogP contribution >= 0.6 is 11.8 Å². The second-order valence-electron chi connectivity index (χ2n) is 7.85. The van der Waals surface area contributed by atoms with Gasteiger partial charge in [0.25, 0.3) is 11.1 Å². The third-order valence-electron chi connectivity index (χ3n) is 5.20. The van der Waals surface area contributed by atoms with Crippen LogP contribution in [0.3, 0.4) is 0 Å². The van der Waals surface area contributed by atoms with Crippen LogP contribution in [0, 0.1) is 11.6 Å². The van der Waals surface area contributed by atoms with Gasteiger partial charge in [-0.2, -0.15) is 0 Å². The second-order valence-corrected chi connectivity index (χ2v) is 8.84. The number of thioether (sulfide) groups is 1. The molecule has 0 saturated carbocycles. The third-order valence-corrected chi connectivity index (χ3v) is 6.10. The molecule has 0 unspecified atom stereocenters. The molecule has 3 aromatic carbocycles. The lowest BCUT2D eigenvalue weighted by atomic mass is 10.1. The number of nitrogens with one attached hydrogen (secondary N) is 1. The van der Waals surface area contributed by atoms with Crippen molar-refractivity contribution in [3.63, 3.8) is 0 Å². The Balaban J connectivity index is 1.45. The highest BCUT2D eigenvalue weighted by atomic mass is 32.2. The van der Waals surface area contributed by atoms with E-state index in [-0.39, 0.29) is 23.0 Å². The molecule has 190 valence electrons. The van der Waals surface area contributed by atoms with Crippen LogP contribution in [0.5, 0.6) is 11.5 Å². The number of ether oxygens (including phenoxy) is 2. The topological polar surface area (TPSA) is 84.9 Å². The van der Waals surface area contributed by atoms with Gasteiger partial charge in [0, 0.05) is 0 Å². The fourth-order valence-electron chi connectivity index (χ4n) is 3.43. The van der Waals surface area contributed by atoms with Crippen molar-refractivity contribution in [2.45, 2.75) is 13.5 Å². The van der Waals surface area contributed by atoms with E-state index in [0.717, 1.165) is 10.5 Å². The van der Waals surface area contributed by atoms with Gasteiger partial charge in [-0.3, -0.25) is 19.3 Å². The van der Waals surface area contributed by atoms with E-state index in [1.807, 2.05) is 6.92 Å². The number of hydrogen-bond acceptors (Lipinski definition) is 6. The molecule has 1 aliphatic rings. The van der Waals surface area contributed by atoms with Gasteiger partial charge in [0.05, 0.1) is 17.2 Å². The molecule has 3 aromatic rings.